The summed E-state index contributed by atoms with van der Waals surface area (Å²) in [6, 6.07) is 11.9. The molecule has 4 aromatic rings. The Bertz CT molecular complexity index is 1240. The zero-order valence-corrected chi connectivity index (χ0v) is 15.7. The van der Waals surface area contributed by atoms with Crippen molar-refractivity contribution in [1.82, 2.24) is 14.5 Å². The topological polar surface area (TPSA) is 87.0 Å². The van der Waals surface area contributed by atoms with Crippen molar-refractivity contribution in [2.75, 3.05) is 7.11 Å². The van der Waals surface area contributed by atoms with E-state index in [0.29, 0.717) is 17.2 Å². The van der Waals surface area contributed by atoms with E-state index in [-0.39, 0.29) is 12.2 Å². The van der Waals surface area contributed by atoms with E-state index in [4.69, 9.17) is 4.74 Å². The Morgan fingerprint density at radius 2 is 2.07 bits per heavy atom. The minimum atomic E-state index is -0.948. The molecule has 0 spiro atoms. The van der Waals surface area contributed by atoms with Gasteiger partial charge in [0.05, 0.1) is 19.1 Å². The Hall–Kier alpha value is -3.88. The number of hydrogen-bond acceptors (Lipinski definition) is 5. The van der Waals surface area contributed by atoms with Gasteiger partial charge in [-0.25, -0.2) is 9.55 Å². The quantitative estimate of drug-likeness (QED) is 0.295. The summed E-state index contributed by atoms with van der Waals surface area (Å²) in [7, 11) is 3.33. The number of rotatable bonds is 5. The molecule has 9 heteroatoms. The number of aryl methyl sites for hydroxylation is 1. The van der Waals surface area contributed by atoms with E-state index in [2.05, 4.69) is 9.97 Å². The third kappa shape index (κ3) is 3.38. The molecule has 0 aliphatic heterocycles. The summed E-state index contributed by atoms with van der Waals surface area (Å²) < 4.78 is 23.0. The van der Waals surface area contributed by atoms with Crippen molar-refractivity contribution in [2.45, 2.75) is 6.42 Å². The molecule has 0 saturated heterocycles. The van der Waals surface area contributed by atoms with Crippen LogP contribution in [0.2, 0.25) is 0 Å². The molecule has 29 heavy (non-hydrogen) atoms. The first-order chi connectivity index (χ1) is 14.0. The van der Waals surface area contributed by atoms with Gasteiger partial charge in [0.1, 0.15) is 11.6 Å². The van der Waals surface area contributed by atoms with Gasteiger partial charge in [-0.2, -0.15) is 13.9 Å². The molecule has 0 radical (unpaired) electrons. The molecule has 0 aliphatic rings. The summed E-state index contributed by atoms with van der Waals surface area (Å²) in [4.78, 5) is 19.2. The van der Waals surface area contributed by atoms with Crippen LogP contribution in [0.5, 0.6) is 5.75 Å². The highest BCUT2D eigenvalue weighted by molar-refractivity contribution is 5.73. The molecule has 0 saturated carbocycles. The summed E-state index contributed by atoms with van der Waals surface area (Å²) in [5.41, 5.74) is 1.85. The van der Waals surface area contributed by atoms with Gasteiger partial charge in [0.15, 0.2) is 11.0 Å². The molecular weight excluding hydrogens is 377 g/mol. The largest absolute Gasteiger partial charge is 0.496 e. The number of hydrogen-bond donors (Lipinski definition) is 0. The predicted octanol–water partition coefficient (Wildman–Crippen LogP) is 2.89. The van der Waals surface area contributed by atoms with Crippen LogP contribution in [0.3, 0.4) is 0 Å². The second kappa shape index (κ2) is 7.27. The number of ether oxygens (including phenoxy) is 1. The lowest BCUT2D eigenvalue weighted by Gasteiger charge is -2.08. The molecule has 0 amide bonds. The van der Waals surface area contributed by atoms with E-state index < -0.39 is 16.4 Å². The number of aromatic nitrogens is 4. The average Bonchev–Trinajstić information content (AvgIpc) is 3.06. The van der Waals surface area contributed by atoms with Gasteiger partial charge >= 0.3 is 5.69 Å². The van der Waals surface area contributed by atoms with Crippen molar-refractivity contribution in [3.05, 3.63) is 82.3 Å². The zero-order valence-electron chi connectivity index (χ0n) is 15.7. The Balaban J connectivity index is 1.75. The summed E-state index contributed by atoms with van der Waals surface area (Å²) in [6.07, 6.45) is 3.69. The van der Waals surface area contributed by atoms with Crippen LogP contribution in [0.15, 0.2) is 55.0 Å². The van der Waals surface area contributed by atoms with Gasteiger partial charge in [-0.05, 0) is 12.1 Å². The first kappa shape index (κ1) is 18.5. The molecule has 2 aromatic carbocycles. The maximum absolute atomic E-state index is 13.9. The van der Waals surface area contributed by atoms with Crippen molar-refractivity contribution in [3.8, 4) is 11.6 Å². The van der Waals surface area contributed by atoms with Crippen LogP contribution in [-0.2, 0) is 13.5 Å². The molecule has 0 aliphatic carbocycles. The van der Waals surface area contributed by atoms with Gasteiger partial charge in [-0.1, -0.05) is 12.1 Å². The van der Waals surface area contributed by atoms with E-state index >= 15 is 0 Å². The van der Waals surface area contributed by atoms with Crippen LogP contribution in [0.1, 0.15) is 11.4 Å². The lowest BCUT2D eigenvalue weighted by atomic mass is 10.1. The Morgan fingerprint density at radius 3 is 2.83 bits per heavy atom. The monoisotopic (exact) mass is 394 g/mol. The summed E-state index contributed by atoms with van der Waals surface area (Å²) in [6.45, 7) is 0. The van der Waals surface area contributed by atoms with Crippen LogP contribution in [0.25, 0.3) is 16.9 Å². The molecule has 0 fully saturated rings. The van der Waals surface area contributed by atoms with Gasteiger partial charge in [-0.15, -0.1) is 0 Å². The van der Waals surface area contributed by atoms with E-state index in [9.17, 15) is 14.5 Å². The second-order valence-electron chi connectivity index (χ2n) is 6.47. The minimum absolute atomic E-state index is 0.156. The molecule has 2 aromatic heterocycles. The number of nitrogens with zero attached hydrogens (tertiary/aromatic N) is 5. The molecule has 0 N–H and O–H groups in total. The number of halogens is 1. The van der Waals surface area contributed by atoms with Gasteiger partial charge in [0.25, 0.3) is 6.33 Å². The summed E-state index contributed by atoms with van der Waals surface area (Å²) in [5.74, 6) is 0.348. The van der Waals surface area contributed by atoms with Crippen LogP contribution in [0.4, 0.5) is 10.1 Å². The fourth-order valence-electron chi connectivity index (χ4n) is 3.28. The minimum Gasteiger partial charge on any atom is -0.496 e. The van der Waals surface area contributed by atoms with E-state index in [1.54, 1.807) is 12.3 Å². The van der Waals surface area contributed by atoms with Crippen LogP contribution < -0.4 is 9.30 Å². The predicted molar refractivity (Wildman–Crippen MR) is 102 cm³/mol. The number of nitro groups is 1. The first-order valence-corrected chi connectivity index (χ1v) is 8.76. The highest BCUT2D eigenvalue weighted by Gasteiger charge is 2.21. The van der Waals surface area contributed by atoms with Crippen molar-refractivity contribution >= 4 is 16.7 Å². The Kier molecular flexibility index (Phi) is 4.63. The van der Waals surface area contributed by atoms with Crippen molar-refractivity contribution in [3.63, 3.8) is 0 Å². The second-order valence-corrected chi connectivity index (χ2v) is 6.47. The van der Waals surface area contributed by atoms with Gasteiger partial charge in [0, 0.05) is 36.4 Å². The molecule has 0 bridgehead atoms. The summed E-state index contributed by atoms with van der Waals surface area (Å²) >= 11 is 0. The lowest BCUT2D eigenvalue weighted by Crippen LogP contribution is -2.25. The molecular formula is C20H17FN5O3+. The van der Waals surface area contributed by atoms with Crippen LogP contribution in [-0.4, -0.2) is 26.6 Å². The standard InChI is InChI=1S/C20H17FN5O3/c1-24-12-25(16-6-4-3-5-15(16)24)20-7-8-22-19(23-20)10-13-9-17(26(27)28)14(21)11-18(13)29-2/h3-9,11-12H,10H2,1-2H3/q+1. The molecule has 2 heterocycles. The lowest BCUT2D eigenvalue weighted by molar-refractivity contribution is -0.645. The highest BCUT2D eigenvalue weighted by atomic mass is 19.1. The maximum Gasteiger partial charge on any atom is 0.305 e. The summed E-state index contributed by atoms with van der Waals surface area (Å²) in [5, 5.41) is 11.1. The van der Waals surface area contributed by atoms with Crippen molar-refractivity contribution < 1.29 is 18.6 Å². The third-order valence-electron chi connectivity index (χ3n) is 4.64. The van der Waals surface area contributed by atoms with Crippen LogP contribution in [0, 0.1) is 15.9 Å². The fraction of sp³-hybridized carbons (Fsp3) is 0.150. The van der Waals surface area contributed by atoms with Crippen molar-refractivity contribution in [2.24, 2.45) is 7.05 Å². The van der Waals surface area contributed by atoms with Gasteiger partial charge in [0.2, 0.25) is 11.6 Å². The van der Waals surface area contributed by atoms with Gasteiger partial charge in [-0.3, -0.25) is 10.1 Å². The van der Waals surface area contributed by atoms with Gasteiger partial charge < -0.3 is 4.74 Å². The number of methoxy groups -OCH3 is 1. The normalized spacial score (nSPS) is 11.0. The number of fused-ring (bicyclic) bond motifs is 1. The van der Waals surface area contributed by atoms with E-state index in [1.807, 2.05) is 46.8 Å². The van der Waals surface area contributed by atoms with Crippen LogP contribution >= 0.6 is 0 Å². The first-order valence-electron chi connectivity index (χ1n) is 8.76. The molecule has 8 nitrogen and oxygen atoms in total. The fourth-order valence-corrected chi connectivity index (χ4v) is 3.28. The van der Waals surface area contributed by atoms with Crippen molar-refractivity contribution in [1.29, 1.82) is 0 Å². The average molecular weight is 394 g/mol. The van der Waals surface area contributed by atoms with E-state index in [1.165, 1.54) is 7.11 Å². The van der Waals surface area contributed by atoms with E-state index in [0.717, 1.165) is 23.2 Å². The number of nitro benzene ring substituents is 1. The highest BCUT2D eigenvalue weighted by Crippen LogP contribution is 2.29. The number of imidazole rings is 1. The molecule has 146 valence electrons. The smallest absolute Gasteiger partial charge is 0.305 e. The maximum atomic E-state index is 13.9. The molecule has 4 rings (SSSR count). The molecule has 0 atom stereocenters. The number of benzene rings is 2. The molecule has 0 unspecified atom stereocenters. The zero-order chi connectivity index (χ0) is 20.5. The Morgan fingerprint density at radius 1 is 1.28 bits per heavy atom. The third-order valence-corrected chi connectivity index (χ3v) is 4.64. The Labute approximate surface area is 165 Å². The number of para-hydroxylation sites is 2. The SMILES string of the molecule is COc1cc(F)c([N+](=O)[O-])cc1Cc1nccc(-n2c[n+](C)c3ccccc32)n1.